The van der Waals surface area contributed by atoms with Crippen molar-refractivity contribution in [2.24, 2.45) is 0 Å². The van der Waals surface area contributed by atoms with E-state index in [1.807, 2.05) is 17.6 Å². The summed E-state index contributed by atoms with van der Waals surface area (Å²) in [5, 5.41) is 8.87. The van der Waals surface area contributed by atoms with Crippen LogP contribution in [0.5, 0.6) is 0 Å². The lowest BCUT2D eigenvalue weighted by molar-refractivity contribution is 0.0341. The van der Waals surface area contributed by atoms with Gasteiger partial charge in [-0.1, -0.05) is 35.6 Å². The molecule has 0 spiro atoms. The van der Waals surface area contributed by atoms with E-state index >= 15 is 0 Å². The van der Waals surface area contributed by atoms with Crippen LogP contribution < -0.4 is 5.32 Å². The number of nitrogens with zero attached hydrogens (tertiary/aromatic N) is 4. The predicted molar refractivity (Wildman–Crippen MR) is 95.5 cm³/mol. The predicted octanol–water partition coefficient (Wildman–Crippen LogP) is 2.54. The van der Waals surface area contributed by atoms with Gasteiger partial charge in [0.1, 0.15) is 0 Å². The van der Waals surface area contributed by atoms with Gasteiger partial charge < -0.3 is 10.1 Å². The summed E-state index contributed by atoms with van der Waals surface area (Å²) in [5.41, 5.74) is 3.67. The Bertz CT molecular complexity index is 790. The number of aryl methyl sites for hydroxylation is 1. The van der Waals surface area contributed by atoms with E-state index in [0.29, 0.717) is 0 Å². The SMILES string of the molecule is Cc1cn2nc(NCc3ccccc3CN3CCOCC3)sc2n1. The van der Waals surface area contributed by atoms with Crippen LogP contribution in [0.25, 0.3) is 4.96 Å². The maximum atomic E-state index is 5.43. The summed E-state index contributed by atoms with van der Waals surface area (Å²) in [6, 6.07) is 8.60. The number of imidazole rings is 1. The van der Waals surface area contributed by atoms with E-state index in [0.717, 1.165) is 55.2 Å². The molecule has 0 unspecified atom stereocenters. The molecule has 0 saturated carbocycles. The Morgan fingerprint density at radius 3 is 2.79 bits per heavy atom. The van der Waals surface area contributed by atoms with E-state index in [-0.39, 0.29) is 0 Å². The van der Waals surface area contributed by atoms with Crippen molar-refractivity contribution in [2.45, 2.75) is 20.0 Å². The second-order valence-corrected chi connectivity index (χ2v) is 6.98. The fourth-order valence-electron chi connectivity index (χ4n) is 2.94. The number of rotatable bonds is 5. The molecule has 126 valence electrons. The van der Waals surface area contributed by atoms with E-state index in [9.17, 15) is 0 Å². The van der Waals surface area contributed by atoms with Gasteiger partial charge >= 0.3 is 0 Å². The molecule has 1 N–H and O–H groups in total. The molecule has 1 fully saturated rings. The molecule has 1 aliphatic rings. The summed E-state index contributed by atoms with van der Waals surface area (Å²) in [6.07, 6.45) is 1.95. The molecule has 3 aromatic rings. The molecule has 1 aliphatic heterocycles. The van der Waals surface area contributed by atoms with Gasteiger partial charge in [-0.2, -0.15) is 0 Å². The van der Waals surface area contributed by atoms with Gasteiger partial charge in [-0.25, -0.2) is 9.50 Å². The van der Waals surface area contributed by atoms with Crippen molar-refractivity contribution in [2.75, 3.05) is 31.6 Å². The Kier molecular flexibility index (Phi) is 4.46. The number of morpholine rings is 1. The van der Waals surface area contributed by atoms with Crippen LogP contribution in [0, 0.1) is 6.92 Å². The summed E-state index contributed by atoms with van der Waals surface area (Å²) in [7, 11) is 0. The van der Waals surface area contributed by atoms with E-state index < -0.39 is 0 Å². The third-order valence-electron chi connectivity index (χ3n) is 4.21. The van der Waals surface area contributed by atoms with Crippen molar-refractivity contribution >= 4 is 21.4 Å². The molecule has 0 bridgehead atoms. The molecule has 0 atom stereocenters. The van der Waals surface area contributed by atoms with E-state index in [4.69, 9.17) is 4.74 Å². The molecule has 24 heavy (non-hydrogen) atoms. The van der Waals surface area contributed by atoms with Gasteiger partial charge in [0.25, 0.3) is 0 Å². The molecule has 2 aromatic heterocycles. The smallest absolute Gasteiger partial charge is 0.214 e. The summed E-state index contributed by atoms with van der Waals surface area (Å²) >= 11 is 1.58. The van der Waals surface area contributed by atoms with Crippen molar-refractivity contribution in [1.82, 2.24) is 19.5 Å². The normalized spacial score (nSPS) is 15.9. The minimum Gasteiger partial charge on any atom is -0.379 e. The zero-order chi connectivity index (χ0) is 16.4. The molecule has 0 radical (unpaired) electrons. The first-order valence-corrected chi connectivity index (χ1v) is 9.03. The number of anilines is 1. The number of hydrogen-bond acceptors (Lipinski definition) is 6. The van der Waals surface area contributed by atoms with Gasteiger partial charge in [-0.3, -0.25) is 4.90 Å². The van der Waals surface area contributed by atoms with Crippen LogP contribution in [0.3, 0.4) is 0 Å². The first-order chi connectivity index (χ1) is 11.8. The van der Waals surface area contributed by atoms with Crippen LogP contribution in [0.15, 0.2) is 30.5 Å². The molecule has 0 aliphatic carbocycles. The highest BCUT2D eigenvalue weighted by molar-refractivity contribution is 7.20. The molecule has 6 nitrogen and oxygen atoms in total. The highest BCUT2D eigenvalue weighted by Crippen LogP contribution is 2.21. The Balaban J connectivity index is 1.44. The van der Waals surface area contributed by atoms with E-state index in [1.54, 1.807) is 11.3 Å². The highest BCUT2D eigenvalue weighted by atomic mass is 32.1. The van der Waals surface area contributed by atoms with Gasteiger partial charge in [0, 0.05) is 26.2 Å². The first-order valence-electron chi connectivity index (χ1n) is 8.21. The second-order valence-electron chi connectivity index (χ2n) is 6.03. The Morgan fingerprint density at radius 2 is 2.00 bits per heavy atom. The summed E-state index contributed by atoms with van der Waals surface area (Å²) < 4.78 is 7.27. The fraction of sp³-hybridized carbons (Fsp3) is 0.412. The lowest BCUT2D eigenvalue weighted by atomic mass is 10.1. The van der Waals surface area contributed by atoms with Gasteiger partial charge in [-0.15, -0.1) is 5.10 Å². The van der Waals surface area contributed by atoms with Gasteiger partial charge in [0.2, 0.25) is 10.1 Å². The van der Waals surface area contributed by atoms with Crippen molar-refractivity contribution in [3.63, 3.8) is 0 Å². The largest absolute Gasteiger partial charge is 0.379 e. The number of hydrogen-bond donors (Lipinski definition) is 1. The third kappa shape index (κ3) is 3.43. The molecule has 0 amide bonds. The topological polar surface area (TPSA) is 54.7 Å². The molecule has 4 rings (SSSR count). The maximum absolute atomic E-state index is 5.43. The van der Waals surface area contributed by atoms with Crippen molar-refractivity contribution in [3.05, 3.63) is 47.3 Å². The highest BCUT2D eigenvalue weighted by Gasteiger charge is 2.13. The quantitative estimate of drug-likeness (QED) is 0.771. The number of fused-ring (bicyclic) bond motifs is 1. The van der Waals surface area contributed by atoms with Crippen LogP contribution in [0.4, 0.5) is 5.13 Å². The summed E-state index contributed by atoms with van der Waals surface area (Å²) in [4.78, 5) is 7.82. The zero-order valence-electron chi connectivity index (χ0n) is 13.7. The van der Waals surface area contributed by atoms with E-state index in [2.05, 4.69) is 44.6 Å². The summed E-state index contributed by atoms with van der Waals surface area (Å²) in [5.74, 6) is 0. The Hall–Kier alpha value is -1.96. The van der Waals surface area contributed by atoms with E-state index in [1.165, 1.54) is 11.1 Å². The van der Waals surface area contributed by atoms with Gasteiger partial charge in [0.15, 0.2) is 0 Å². The molecular formula is C17H21N5OS. The number of ether oxygens (including phenoxy) is 1. The van der Waals surface area contributed by atoms with Crippen LogP contribution in [-0.4, -0.2) is 45.8 Å². The Labute approximate surface area is 145 Å². The average molecular weight is 343 g/mol. The number of benzene rings is 1. The monoisotopic (exact) mass is 343 g/mol. The maximum Gasteiger partial charge on any atom is 0.214 e. The fourth-order valence-corrected chi connectivity index (χ4v) is 3.76. The van der Waals surface area contributed by atoms with Crippen molar-refractivity contribution < 1.29 is 4.74 Å². The van der Waals surface area contributed by atoms with Crippen molar-refractivity contribution in [3.8, 4) is 0 Å². The zero-order valence-corrected chi connectivity index (χ0v) is 14.6. The molecule has 1 aromatic carbocycles. The van der Waals surface area contributed by atoms with Crippen LogP contribution in [0.2, 0.25) is 0 Å². The Morgan fingerprint density at radius 1 is 1.21 bits per heavy atom. The van der Waals surface area contributed by atoms with Crippen LogP contribution in [-0.2, 0) is 17.8 Å². The average Bonchev–Trinajstić information content (AvgIpc) is 3.12. The van der Waals surface area contributed by atoms with Crippen LogP contribution >= 0.6 is 11.3 Å². The number of aromatic nitrogens is 3. The molecule has 3 heterocycles. The second kappa shape index (κ2) is 6.88. The minimum absolute atomic E-state index is 0.774. The summed E-state index contributed by atoms with van der Waals surface area (Å²) in [6.45, 7) is 7.40. The minimum atomic E-state index is 0.774. The van der Waals surface area contributed by atoms with Gasteiger partial charge in [0.05, 0.1) is 25.1 Å². The standard InChI is InChI=1S/C17H21N5OS/c1-13-11-22-17(19-13)24-16(20-22)18-10-14-4-2-3-5-15(14)12-21-6-8-23-9-7-21/h2-5,11H,6-10,12H2,1H3,(H,18,20). The van der Waals surface area contributed by atoms with Gasteiger partial charge in [-0.05, 0) is 18.1 Å². The molecule has 1 saturated heterocycles. The lowest BCUT2D eigenvalue weighted by Crippen LogP contribution is -2.35. The molecule has 7 heteroatoms. The lowest BCUT2D eigenvalue weighted by Gasteiger charge is -2.27. The third-order valence-corrected chi connectivity index (χ3v) is 5.09. The first kappa shape index (κ1) is 15.6. The molecular weight excluding hydrogens is 322 g/mol. The number of nitrogens with one attached hydrogen (secondary N) is 1. The van der Waals surface area contributed by atoms with Crippen LogP contribution in [0.1, 0.15) is 16.8 Å². The van der Waals surface area contributed by atoms with Crippen molar-refractivity contribution in [1.29, 1.82) is 0 Å².